The Balaban J connectivity index is 1.61. The molecule has 0 radical (unpaired) electrons. The van der Waals surface area contributed by atoms with Crippen LogP contribution >= 0.6 is 11.6 Å². The van der Waals surface area contributed by atoms with Crippen molar-refractivity contribution < 1.29 is 17.9 Å². The van der Waals surface area contributed by atoms with E-state index in [0.29, 0.717) is 34.9 Å². The Hall–Kier alpha value is -3.07. The lowest BCUT2D eigenvalue weighted by Gasteiger charge is -2.15. The van der Waals surface area contributed by atoms with Gasteiger partial charge in [-0.2, -0.15) is 4.98 Å². The van der Waals surface area contributed by atoms with Crippen LogP contribution in [0.15, 0.2) is 48.7 Å². The fourth-order valence-electron chi connectivity index (χ4n) is 3.41. The maximum atomic E-state index is 12.5. The van der Waals surface area contributed by atoms with E-state index in [0.717, 1.165) is 31.7 Å². The van der Waals surface area contributed by atoms with Crippen LogP contribution in [0.3, 0.4) is 0 Å². The number of rotatable bonds is 6. The van der Waals surface area contributed by atoms with E-state index >= 15 is 0 Å². The predicted molar refractivity (Wildman–Crippen MR) is 113 cm³/mol. The second-order valence-electron chi connectivity index (χ2n) is 7.12. The van der Waals surface area contributed by atoms with Crippen molar-refractivity contribution in [3.8, 4) is 17.1 Å². The summed E-state index contributed by atoms with van der Waals surface area (Å²) in [5.74, 6) is 0.442. The van der Waals surface area contributed by atoms with Gasteiger partial charge < -0.3 is 15.4 Å². The van der Waals surface area contributed by atoms with Gasteiger partial charge in [-0.15, -0.1) is 13.2 Å². The van der Waals surface area contributed by atoms with Gasteiger partial charge in [0.25, 0.3) is 0 Å². The number of hydrogen-bond acceptors (Lipinski definition) is 6. The molecule has 4 rings (SSSR count). The highest BCUT2D eigenvalue weighted by molar-refractivity contribution is 6.32. The van der Waals surface area contributed by atoms with Crippen LogP contribution in [-0.2, 0) is 0 Å². The molecule has 0 bridgehead atoms. The van der Waals surface area contributed by atoms with Crippen molar-refractivity contribution in [2.45, 2.75) is 38.1 Å². The fourth-order valence-corrected chi connectivity index (χ4v) is 3.63. The van der Waals surface area contributed by atoms with Crippen molar-refractivity contribution in [3.05, 3.63) is 53.7 Å². The third-order valence-corrected chi connectivity index (χ3v) is 5.07. The van der Waals surface area contributed by atoms with Gasteiger partial charge in [0, 0.05) is 24.0 Å². The summed E-state index contributed by atoms with van der Waals surface area (Å²) >= 11 is 5.95. The monoisotopic (exact) mass is 449 g/mol. The molecule has 0 aliphatic heterocycles. The lowest BCUT2D eigenvalue weighted by Crippen LogP contribution is -2.17. The number of anilines is 3. The summed E-state index contributed by atoms with van der Waals surface area (Å²) in [6.07, 6.45) is 1.28. The average molecular weight is 450 g/mol. The molecule has 1 fully saturated rings. The van der Waals surface area contributed by atoms with Gasteiger partial charge >= 0.3 is 6.36 Å². The van der Waals surface area contributed by atoms with Crippen molar-refractivity contribution >= 4 is 29.1 Å². The van der Waals surface area contributed by atoms with E-state index in [1.165, 1.54) is 12.1 Å². The highest BCUT2D eigenvalue weighted by Crippen LogP contribution is 2.33. The van der Waals surface area contributed by atoms with Gasteiger partial charge in [0.05, 0.1) is 16.4 Å². The van der Waals surface area contributed by atoms with Crippen LogP contribution in [0.2, 0.25) is 5.02 Å². The van der Waals surface area contributed by atoms with Crippen LogP contribution < -0.4 is 15.4 Å². The van der Waals surface area contributed by atoms with E-state index in [1.807, 2.05) is 18.2 Å². The average Bonchev–Trinajstić information content (AvgIpc) is 3.23. The molecule has 1 aliphatic carbocycles. The molecule has 2 heterocycles. The number of alkyl halides is 3. The molecule has 0 spiro atoms. The first-order chi connectivity index (χ1) is 14.9. The summed E-state index contributed by atoms with van der Waals surface area (Å²) in [6.45, 7) is 0. The van der Waals surface area contributed by atoms with Crippen LogP contribution in [0.5, 0.6) is 5.75 Å². The van der Waals surface area contributed by atoms with E-state index in [4.69, 9.17) is 11.6 Å². The lowest BCUT2D eigenvalue weighted by atomic mass is 10.2. The Morgan fingerprint density at radius 3 is 2.48 bits per heavy atom. The van der Waals surface area contributed by atoms with Crippen LogP contribution in [0.1, 0.15) is 25.7 Å². The van der Waals surface area contributed by atoms with Gasteiger partial charge in [-0.3, -0.25) is 4.98 Å². The smallest absolute Gasteiger partial charge is 0.404 e. The van der Waals surface area contributed by atoms with E-state index in [2.05, 4.69) is 30.3 Å². The van der Waals surface area contributed by atoms with Gasteiger partial charge in [-0.1, -0.05) is 30.5 Å². The number of halogens is 4. The molecule has 2 N–H and O–H groups in total. The first kappa shape index (κ1) is 21.2. The molecule has 0 unspecified atom stereocenters. The Bertz CT molecular complexity index is 1040. The molecule has 1 saturated carbocycles. The predicted octanol–water partition coefficient (Wildman–Crippen LogP) is 6.19. The normalized spacial score (nSPS) is 14.5. The number of hydrogen-bond donors (Lipinski definition) is 2. The highest BCUT2D eigenvalue weighted by atomic mass is 35.5. The molecule has 1 aromatic carbocycles. The molecule has 1 aliphatic rings. The number of pyridine rings is 1. The molecule has 0 amide bonds. The number of aromatic nitrogens is 3. The van der Waals surface area contributed by atoms with Crippen LogP contribution in [0, 0.1) is 0 Å². The minimum Gasteiger partial charge on any atom is -0.404 e. The van der Waals surface area contributed by atoms with Crippen LogP contribution in [-0.4, -0.2) is 27.4 Å². The van der Waals surface area contributed by atoms with Gasteiger partial charge in [-0.25, -0.2) is 4.98 Å². The lowest BCUT2D eigenvalue weighted by molar-refractivity contribution is -0.274. The Morgan fingerprint density at radius 1 is 1.00 bits per heavy atom. The van der Waals surface area contributed by atoms with Crippen molar-refractivity contribution in [1.29, 1.82) is 0 Å². The third-order valence-electron chi connectivity index (χ3n) is 4.77. The standard InChI is InChI=1S/C21H19ClF3N5O/c22-15-11-14(8-9-18(15)31-21(23,24)25)27-19-12-17(16-7-3-4-10-26-16)29-20(30-19)28-13-5-1-2-6-13/h3-4,7-13H,1-2,5-6H2,(H2,27,28,29,30). The summed E-state index contributed by atoms with van der Waals surface area (Å²) in [5, 5.41) is 6.26. The van der Waals surface area contributed by atoms with E-state index < -0.39 is 12.1 Å². The maximum absolute atomic E-state index is 12.5. The summed E-state index contributed by atoms with van der Waals surface area (Å²) in [7, 11) is 0. The Morgan fingerprint density at radius 2 is 1.81 bits per heavy atom. The van der Waals surface area contributed by atoms with Gasteiger partial charge in [0.1, 0.15) is 11.6 Å². The number of ether oxygens (including phenoxy) is 1. The van der Waals surface area contributed by atoms with E-state index in [1.54, 1.807) is 12.3 Å². The zero-order valence-electron chi connectivity index (χ0n) is 16.3. The molecule has 3 aromatic rings. The summed E-state index contributed by atoms with van der Waals surface area (Å²) in [4.78, 5) is 13.4. The van der Waals surface area contributed by atoms with E-state index in [9.17, 15) is 13.2 Å². The van der Waals surface area contributed by atoms with Gasteiger partial charge in [0.15, 0.2) is 0 Å². The quantitative estimate of drug-likeness (QED) is 0.467. The van der Waals surface area contributed by atoms with Crippen molar-refractivity contribution in [1.82, 2.24) is 15.0 Å². The van der Waals surface area contributed by atoms with Crippen LogP contribution in [0.4, 0.5) is 30.6 Å². The van der Waals surface area contributed by atoms with Gasteiger partial charge in [-0.05, 0) is 43.2 Å². The minimum atomic E-state index is -4.82. The van der Waals surface area contributed by atoms with Gasteiger partial charge in [0.2, 0.25) is 5.95 Å². The third kappa shape index (κ3) is 5.75. The SMILES string of the molecule is FC(F)(F)Oc1ccc(Nc2cc(-c3ccccn3)nc(NC3CCCC3)n2)cc1Cl. The van der Waals surface area contributed by atoms with Crippen molar-refractivity contribution in [2.75, 3.05) is 10.6 Å². The Kier molecular flexibility index (Phi) is 6.13. The number of nitrogens with zero attached hydrogens (tertiary/aromatic N) is 3. The highest BCUT2D eigenvalue weighted by Gasteiger charge is 2.32. The summed E-state index contributed by atoms with van der Waals surface area (Å²) < 4.78 is 41.3. The second-order valence-corrected chi connectivity index (χ2v) is 7.53. The van der Waals surface area contributed by atoms with Crippen LogP contribution in [0.25, 0.3) is 11.4 Å². The molecule has 0 saturated heterocycles. The molecule has 6 nitrogen and oxygen atoms in total. The molecule has 10 heteroatoms. The largest absolute Gasteiger partial charge is 0.573 e. The second kappa shape index (κ2) is 8.97. The molecule has 0 atom stereocenters. The zero-order valence-corrected chi connectivity index (χ0v) is 17.0. The summed E-state index contributed by atoms with van der Waals surface area (Å²) in [5.41, 5.74) is 1.74. The number of benzene rings is 1. The molecular weight excluding hydrogens is 431 g/mol. The summed E-state index contributed by atoms with van der Waals surface area (Å²) in [6, 6.07) is 11.5. The first-order valence-corrected chi connectivity index (χ1v) is 10.1. The minimum absolute atomic E-state index is 0.175. The Labute approximate surface area is 181 Å². The first-order valence-electron chi connectivity index (χ1n) is 9.75. The van der Waals surface area contributed by atoms with Crippen molar-refractivity contribution in [3.63, 3.8) is 0 Å². The molecule has 2 aromatic heterocycles. The topological polar surface area (TPSA) is 72.0 Å². The van der Waals surface area contributed by atoms with Crippen molar-refractivity contribution in [2.24, 2.45) is 0 Å². The molecule has 162 valence electrons. The maximum Gasteiger partial charge on any atom is 0.573 e. The molecular formula is C21H19ClF3N5O. The van der Waals surface area contributed by atoms with E-state index in [-0.39, 0.29) is 5.02 Å². The fraction of sp³-hybridized carbons (Fsp3) is 0.286. The number of nitrogens with one attached hydrogen (secondary N) is 2. The zero-order chi connectivity index (χ0) is 21.8. The molecule has 31 heavy (non-hydrogen) atoms.